The molecule has 0 bridgehead atoms. The van der Waals surface area contributed by atoms with E-state index in [0.29, 0.717) is 11.4 Å². The van der Waals surface area contributed by atoms with Gasteiger partial charge < -0.3 is 10.8 Å². The summed E-state index contributed by atoms with van der Waals surface area (Å²) in [6.45, 7) is 5.66. The summed E-state index contributed by atoms with van der Waals surface area (Å²) < 4.78 is 0. The van der Waals surface area contributed by atoms with Gasteiger partial charge in [-0.1, -0.05) is 13.3 Å². The predicted molar refractivity (Wildman–Crippen MR) is 49.8 cm³/mol. The van der Waals surface area contributed by atoms with Gasteiger partial charge in [0.05, 0.1) is 0 Å². The summed E-state index contributed by atoms with van der Waals surface area (Å²) in [6.07, 6.45) is 3.55. The Morgan fingerprint density at radius 2 is 1.82 bits per heavy atom. The molecule has 0 rings (SSSR count). The van der Waals surface area contributed by atoms with Crippen molar-refractivity contribution in [3.8, 4) is 0 Å². The van der Waals surface area contributed by atoms with Crippen LogP contribution >= 0.6 is 0 Å². The van der Waals surface area contributed by atoms with Gasteiger partial charge in [0.15, 0.2) is 0 Å². The minimum absolute atomic E-state index is 0.517. The summed E-state index contributed by atoms with van der Waals surface area (Å²) in [5, 5.41) is 14.7. The standard InChI is InChI=1S/C9H16N2/c1-4-5-9(11)7(2)6-8(3)10/h6,10-11H,4-5H2,1-3H3/b7-6-,10-8?,11-9?. The molecular weight excluding hydrogens is 136 g/mol. The van der Waals surface area contributed by atoms with Gasteiger partial charge in [0.25, 0.3) is 0 Å². The van der Waals surface area contributed by atoms with E-state index in [2.05, 4.69) is 6.92 Å². The monoisotopic (exact) mass is 152 g/mol. The van der Waals surface area contributed by atoms with Gasteiger partial charge in [-0.05, 0) is 31.9 Å². The van der Waals surface area contributed by atoms with E-state index in [-0.39, 0.29) is 0 Å². The number of nitrogens with one attached hydrogen (secondary N) is 2. The zero-order chi connectivity index (χ0) is 8.85. The van der Waals surface area contributed by atoms with Crippen molar-refractivity contribution >= 4 is 11.4 Å². The average molecular weight is 152 g/mol. The molecule has 2 N–H and O–H groups in total. The zero-order valence-electron chi connectivity index (χ0n) is 7.49. The van der Waals surface area contributed by atoms with Crippen molar-refractivity contribution in [2.75, 3.05) is 0 Å². The molecule has 0 aliphatic rings. The van der Waals surface area contributed by atoms with Gasteiger partial charge in [-0.3, -0.25) is 0 Å². The van der Waals surface area contributed by atoms with Gasteiger partial charge in [0.1, 0.15) is 0 Å². The van der Waals surface area contributed by atoms with Crippen LogP contribution in [0.4, 0.5) is 0 Å². The minimum Gasteiger partial charge on any atom is -0.306 e. The Labute approximate surface area is 68.3 Å². The van der Waals surface area contributed by atoms with Crippen LogP contribution in [0.25, 0.3) is 0 Å². The summed E-state index contributed by atoms with van der Waals surface area (Å²) in [5.74, 6) is 0. The number of allylic oxidation sites excluding steroid dienone is 2. The van der Waals surface area contributed by atoms with Gasteiger partial charge in [-0.15, -0.1) is 0 Å². The molecule has 0 atom stereocenters. The Balaban J connectivity index is 4.12. The zero-order valence-corrected chi connectivity index (χ0v) is 7.49. The highest BCUT2D eigenvalue weighted by molar-refractivity contribution is 6.03. The third-order valence-electron chi connectivity index (χ3n) is 1.41. The summed E-state index contributed by atoms with van der Waals surface area (Å²) in [6, 6.07) is 0. The van der Waals surface area contributed by atoms with E-state index in [1.54, 1.807) is 13.0 Å². The maximum Gasteiger partial charge on any atom is 0.0343 e. The number of rotatable bonds is 4. The molecule has 0 saturated carbocycles. The molecular formula is C9H16N2. The molecule has 0 unspecified atom stereocenters. The van der Waals surface area contributed by atoms with Crippen LogP contribution < -0.4 is 0 Å². The van der Waals surface area contributed by atoms with E-state index in [1.807, 2.05) is 6.92 Å². The second-order valence-electron chi connectivity index (χ2n) is 2.74. The molecule has 0 spiro atoms. The van der Waals surface area contributed by atoms with E-state index in [1.165, 1.54) is 0 Å². The SMILES string of the molecule is CCCC(=N)/C(C)=C\C(C)=N. The predicted octanol–water partition coefficient (Wildman–Crippen LogP) is 2.79. The highest BCUT2D eigenvalue weighted by Crippen LogP contribution is 2.01. The molecule has 0 aromatic carbocycles. The van der Waals surface area contributed by atoms with Crippen molar-refractivity contribution in [3.05, 3.63) is 11.6 Å². The molecule has 11 heavy (non-hydrogen) atoms. The summed E-state index contributed by atoms with van der Waals surface area (Å²) in [5.41, 5.74) is 2.09. The van der Waals surface area contributed by atoms with Crippen LogP contribution in [0.3, 0.4) is 0 Å². The largest absolute Gasteiger partial charge is 0.306 e. The first-order valence-corrected chi connectivity index (χ1v) is 3.89. The van der Waals surface area contributed by atoms with Crippen molar-refractivity contribution in [2.24, 2.45) is 0 Å². The fourth-order valence-corrected chi connectivity index (χ4v) is 0.859. The van der Waals surface area contributed by atoms with Crippen LogP contribution in [-0.4, -0.2) is 11.4 Å². The molecule has 0 amide bonds. The van der Waals surface area contributed by atoms with Crippen LogP contribution in [0.5, 0.6) is 0 Å². The molecule has 62 valence electrons. The van der Waals surface area contributed by atoms with E-state index in [0.717, 1.165) is 18.4 Å². The smallest absolute Gasteiger partial charge is 0.0343 e. The Kier molecular flexibility index (Phi) is 4.42. The Bertz CT molecular complexity index is 190. The normalized spacial score (nSPS) is 11.4. The summed E-state index contributed by atoms with van der Waals surface area (Å²) in [4.78, 5) is 0. The Hall–Kier alpha value is -0.920. The van der Waals surface area contributed by atoms with Crippen molar-refractivity contribution in [1.29, 1.82) is 10.8 Å². The summed E-state index contributed by atoms with van der Waals surface area (Å²) in [7, 11) is 0. The molecule has 0 aliphatic heterocycles. The van der Waals surface area contributed by atoms with Crippen LogP contribution in [0.2, 0.25) is 0 Å². The average Bonchev–Trinajstić information content (AvgIpc) is 1.86. The van der Waals surface area contributed by atoms with Crippen molar-refractivity contribution in [3.63, 3.8) is 0 Å². The molecule has 0 aliphatic carbocycles. The first kappa shape index (κ1) is 10.1. The van der Waals surface area contributed by atoms with Crippen LogP contribution in [0, 0.1) is 10.8 Å². The lowest BCUT2D eigenvalue weighted by atomic mass is 10.1. The first-order chi connectivity index (χ1) is 5.07. The fourth-order valence-electron chi connectivity index (χ4n) is 0.859. The van der Waals surface area contributed by atoms with E-state index < -0.39 is 0 Å². The highest BCUT2D eigenvalue weighted by atomic mass is 14.4. The van der Waals surface area contributed by atoms with Crippen LogP contribution in [-0.2, 0) is 0 Å². The molecule has 0 aromatic heterocycles. The number of hydrogen-bond acceptors (Lipinski definition) is 2. The second-order valence-corrected chi connectivity index (χ2v) is 2.74. The van der Waals surface area contributed by atoms with Gasteiger partial charge in [-0.25, -0.2) is 0 Å². The van der Waals surface area contributed by atoms with Gasteiger partial charge in [0.2, 0.25) is 0 Å². The van der Waals surface area contributed by atoms with Gasteiger partial charge in [-0.2, -0.15) is 0 Å². The quantitative estimate of drug-likeness (QED) is 0.582. The fraction of sp³-hybridized carbons (Fsp3) is 0.556. The maximum atomic E-state index is 7.52. The molecule has 0 heterocycles. The lowest BCUT2D eigenvalue weighted by Crippen LogP contribution is -1.98. The molecule has 0 aromatic rings. The highest BCUT2D eigenvalue weighted by Gasteiger charge is 1.97. The lowest BCUT2D eigenvalue weighted by Gasteiger charge is -2.00. The van der Waals surface area contributed by atoms with Crippen LogP contribution in [0.1, 0.15) is 33.6 Å². The Morgan fingerprint density at radius 1 is 1.27 bits per heavy atom. The van der Waals surface area contributed by atoms with Gasteiger partial charge in [0, 0.05) is 11.4 Å². The lowest BCUT2D eigenvalue weighted by molar-refractivity contribution is 0.983. The van der Waals surface area contributed by atoms with E-state index >= 15 is 0 Å². The van der Waals surface area contributed by atoms with Crippen LogP contribution in [0.15, 0.2) is 11.6 Å². The maximum absolute atomic E-state index is 7.52. The van der Waals surface area contributed by atoms with E-state index in [9.17, 15) is 0 Å². The van der Waals surface area contributed by atoms with E-state index in [4.69, 9.17) is 10.8 Å². The van der Waals surface area contributed by atoms with Crippen molar-refractivity contribution < 1.29 is 0 Å². The van der Waals surface area contributed by atoms with Crippen molar-refractivity contribution in [1.82, 2.24) is 0 Å². The molecule has 2 heteroatoms. The minimum atomic E-state index is 0.517. The summed E-state index contributed by atoms with van der Waals surface area (Å²) >= 11 is 0. The molecule has 2 nitrogen and oxygen atoms in total. The molecule has 0 radical (unpaired) electrons. The second kappa shape index (κ2) is 4.83. The molecule has 0 saturated heterocycles. The number of hydrogen-bond donors (Lipinski definition) is 2. The Morgan fingerprint density at radius 3 is 2.18 bits per heavy atom. The first-order valence-electron chi connectivity index (χ1n) is 3.89. The topological polar surface area (TPSA) is 47.7 Å². The molecule has 0 fully saturated rings. The van der Waals surface area contributed by atoms with Crippen molar-refractivity contribution in [2.45, 2.75) is 33.6 Å². The third kappa shape index (κ3) is 4.48. The third-order valence-corrected chi connectivity index (χ3v) is 1.41. The van der Waals surface area contributed by atoms with Gasteiger partial charge >= 0.3 is 0 Å².